The van der Waals surface area contributed by atoms with Crippen molar-refractivity contribution < 1.29 is 4.79 Å². The van der Waals surface area contributed by atoms with E-state index in [1.807, 2.05) is 0 Å². The summed E-state index contributed by atoms with van der Waals surface area (Å²) >= 11 is 1.72. The summed E-state index contributed by atoms with van der Waals surface area (Å²) in [5.74, 6) is 1.11. The summed E-state index contributed by atoms with van der Waals surface area (Å²) in [6.45, 7) is 0.952. The summed E-state index contributed by atoms with van der Waals surface area (Å²) < 4.78 is 0. The van der Waals surface area contributed by atoms with Crippen molar-refractivity contribution >= 4 is 17.2 Å². The Hall–Kier alpha value is -0.870. The highest BCUT2D eigenvalue weighted by atomic mass is 32.1. The normalized spacial score (nSPS) is 29.3. The van der Waals surface area contributed by atoms with Crippen LogP contribution in [0.25, 0.3) is 0 Å². The third-order valence-corrected chi connectivity index (χ3v) is 6.09. The van der Waals surface area contributed by atoms with Gasteiger partial charge in [0.2, 0.25) is 5.91 Å². The van der Waals surface area contributed by atoms with Gasteiger partial charge in [0, 0.05) is 6.54 Å². The molecule has 1 aromatic heterocycles. The molecule has 2 aliphatic carbocycles. The second kappa shape index (κ2) is 4.85. The summed E-state index contributed by atoms with van der Waals surface area (Å²) in [6, 6.07) is 2.16. The van der Waals surface area contributed by atoms with Gasteiger partial charge in [0.05, 0.1) is 5.54 Å². The molecule has 1 aromatic rings. The van der Waals surface area contributed by atoms with Gasteiger partial charge in [-0.2, -0.15) is 11.3 Å². The Labute approximate surface area is 124 Å². The number of carbonyl (C=O) groups is 1. The van der Waals surface area contributed by atoms with Crippen molar-refractivity contribution in [2.24, 2.45) is 5.92 Å². The van der Waals surface area contributed by atoms with Crippen molar-refractivity contribution in [1.82, 2.24) is 10.2 Å². The number of nitrogens with zero attached hydrogens (tertiary/aromatic N) is 1. The molecule has 4 heteroatoms. The Balaban J connectivity index is 1.62. The summed E-state index contributed by atoms with van der Waals surface area (Å²) in [7, 11) is 0. The fraction of sp³-hybridized carbons (Fsp3) is 0.688. The number of carbonyl (C=O) groups excluding carboxylic acids is 1. The smallest absolute Gasteiger partial charge is 0.244 e. The van der Waals surface area contributed by atoms with E-state index in [-0.39, 0.29) is 11.7 Å². The minimum absolute atomic E-state index is 0.118. The first-order valence-corrected chi connectivity index (χ1v) is 8.84. The van der Waals surface area contributed by atoms with Crippen LogP contribution in [0.3, 0.4) is 0 Å². The van der Waals surface area contributed by atoms with Gasteiger partial charge in [0.25, 0.3) is 0 Å². The van der Waals surface area contributed by atoms with Crippen LogP contribution in [0.2, 0.25) is 0 Å². The number of amides is 1. The van der Waals surface area contributed by atoms with Gasteiger partial charge in [-0.25, -0.2) is 0 Å². The van der Waals surface area contributed by atoms with E-state index in [1.165, 1.54) is 37.7 Å². The topological polar surface area (TPSA) is 32.3 Å². The molecular formula is C16H22N2OS. The summed E-state index contributed by atoms with van der Waals surface area (Å²) in [5.41, 5.74) is 1.03. The Morgan fingerprint density at radius 1 is 1.30 bits per heavy atom. The minimum Gasteiger partial charge on any atom is -0.321 e. The van der Waals surface area contributed by atoms with E-state index < -0.39 is 0 Å². The molecule has 3 nitrogen and oxygen atoms in total. The highest BCUT2D eigenvalue weighted by molar-refractivity contribution is 7.07. The first-order valence-electron chi connectivity index (χ1n) is 7.89. The summed E-state index contributed by atoms with van der Waals surface area (Å²) in [5, 5.41) is 8.01. The van der Waals surface area contributed by atoms with Crippen molar-refractivity contribution in [1.29, 1.82) is 0 Å². The monoisotopic (exact) mass is 290 g/mol. The molecule has 20 heavy (non-hydrogen) atoms. The third-order valence-electron chi connectivity index (χ3n) is 5.39. The average Bonchev–Trinajstić information content (AvgIpc) is 3.11. The molecule has 3 aliphatic rings. The maximum absolute atomic E-state index is 13.0. The number of thiophene rings is 1. The molecule has 3 fully saturated rings. The van der Waals surface area contributed by atoms with E-state index in [0.29, 0.717) is 5.91 Å². The number of nitrogens with one attached hydrogen (secondary N) is 1. The van der Waals surface area contributed by atoms with Crippen LogP contribution in [0.4, 0.5) is 0 Å². The Morgan fingerprint density at radius 3 is 2.70 bits per heavy atom. The van der Waals surface area contributed by atoms with E-state index in [0.717, 1.165) is 25.3 Å². The fourth-order valence-corrected chi connectivity index (χ4v) is 4.64. The molecule has 1 atom stereocenters. The van der Waals surface area contributed by atoms with Crippen molar-refractivity contribution in [2.45, 2.75) is 56.7 Å². The van der Waals surface area contributed by atoms with Gasteiger partial charge < -0.3 is 4.90 Å². The van der Waals surface area contributed by atoms with Crippen molar-refractivity contribution in [3.05, 3.63) is 22.4 Å². The van der Waals surface area contributed by atoms with E-state index in [9.17, 15) is 4.79 Å². The molecule has 0 radical (unpaired) electrons. The van der Waals surface area contributed by atoms with Gasteiger partial charge in [0.1, 0.15) is 6.17 Å². The molecule has 1 saturated heterocycles. The minimum atomic E-state index is -0.240. The zero-order valence-corrected chi connectivity index (χ0v) is 12.6. The van der Waals surface area contributed by atoms with Crippen LogP contribution in [-0.2, 0) is 4.79 Å². The molecule has 2 saturated carbocycles. The van der Waals surface area contributed by atoms with Crippen LogP contribution in [0.5, 0.6) is 0 Å². The lowest BCUT2D eigenvalue weighted by Crippen LogP contribution is -2.44. The fourth-order valence-electron chi connectivity index (χ4n) is 3.97. The summed E-state index contributed by atoms with van der Waals surface area (Å²) in [6.07, 6.45) is 8.47. The molecular weight excluding hydrogens is 268 g/mol. The van der Waals surface area contributed by atoms with Gasteiger partial charge >= 0.3 is 0 Å². The number of hydrogen-bond donors (Lipinski definition) is 1. The first kappa shape index (κ1) is 12.8. The molecule has 108 valence electrons. The third kappa shape index (κ3) is 1.92. The maximum Gasteiger partial charge on any atom is 0.244 e. The molecule has 1 N–H and O–H groups in total. The molecule has 1 amide bonds. The molecule has 2 heterocycles. The molecule has 1 spiro atoms. The zero-order valence-electron chi connectivity index (χ0n) is 11.8. The lowest BCUT2D eigenvalue weighted by atomic mass is 9.85. The Bertz CT molecular complexity index is 489. The van der Waals surface area contributed by atoms with Gasteiger partial charge in [0.15, 0.2) is 0 Å². The lowest BCUT2D eigenvalue weighted by molar-refractivity contribution is -0.134. The molecule has 4 rings (SSSR count). The highest BCUT2D eigenvalue weighted by Gasteiger charge is 2.53. The van der Waals surface area contributed by atoms with Crippen LogP contribution < -0.4 is 5.32 Å². The van der Waals surface area contributed by atoms with Crippen LogP contribution in [0, 0.1) is 5.92 Å². The standard InChI is InChI=1S/C16H22N2OS/c19-15-16(7-1-2-8-16)17-14(13-6-9-20-11-13)18(15)10-12-4-3-5-12/h6,9,11-12,14,17H,1-5,7-8,10H2. The molecule has 0 aromatic carbocycles. The lowest BCUT2D eigenvalue weighted by Gasteiger charge is -2.33. The van der Waals surface area contributed by atoms with Crippen LogP contribution in [0.1, 0.15) is 56.7 Å². The first-order chi connectivity index (χ1) is 9.78. The van der Waals surface area contributed by atoms with E-state index in [1.54, 1.807) is 11.3 Å². The van der Waals surface area contributed by atoms with Crippen molar-refractivity contribution in [3.63, 3.8) is 0 Å². The Morgan fingerprint density at radius 2 is 2.10 bits per heavy atom. The van der Waals surface area contributed by atoms with Gasteiger partial charge in [-0.1, -0.05) is 19.3 Å². The van der Waals surface area contributed by atoms with Crippen LogP contribution in [-0.4, -0.2) is 22.9 Å². The van der Waals surface area contributed by atoms with Crippen molar-refractivity contribution in [3.8, 4) is 0 Å². The second-order valence-electron chi connectivity index (χ2n) is 6.65. The molecule has 0 bridgehead atoms. The van der Waals surface area contributed by atoms with E-state index >= 15 is 0 Å². The van der Waals surface area contributed by atoms with Gasteiger partial charge in [-0.05, 0) is 54.0 Å². The second-order valence-corrected chi connectivity index (χ2v) is 7.43. The predicted molar refractivity (Wildman–Crippen MR) is 80.4 cm³/mol. The van der Waals surface area contributed by atoms with Crippen LogP contribution in [0.15, 0.2) is 16.8 Å². The predicted octanol–water partition coefficient (Wildman–Crippen LogP) is 3.29. The SMILES string of the molecule is O=C1N(CC2CCC2)C(c2ccsc2)NC12CCCC2. The molecule has 1 unspecified atom stereocenters. The maximum atomic E-state index is 13.0. The molecule has 1 aliphatic heterocycles. The highest BCUT2D eigenvalue weighted by Crippen LogP contribution is 2.42. The van der Waals surface area contributed by atoms with Gasteiger partial charge in [-0.3, -0.25) is 10.1 Å². The number of rotatable bonds is 3. The average molecular weight is 290 g/mol. The van der Waals surface area contributed by atoms with Crippen LogP contribution >= 0.6 is 11.3 Å². The number of hydrogen-bond acceptors (Lipinski definition) is 3. The van der Waals surface area contributed by atoms with Gasteiger partial charge in [-0.15, -0.1) is 0 Å². The quantitative estimate of drug-likeness (QED) is 0.926. The largest absolute Gasteiger partial charge is 0.321 e. The van der Waals surface area contributed by atoms with E-state index in [2.05, 4.69) is 27.0 Å². The Kier molecular flexibility index (Phi) is 3.11. The van der Waals surface area contributed by atoms with Crippen molar-refractivity contribution in [2.75, 3.05) is 6.54 Å². The summed E-state index contributed by atoms with van der Waals surface area (Å²) in [4.78, 5) is 15.1. The zero-order chi connectivity index (χ0) is 13.6. The van der Waals surface area contributed by atoms with E-state index in [4.69, 9.17) is 0 Å².